The Morgan fingerprint density at radius 1 is 1.25 bits per heavy atom. The molecule has 0 heterocycles. The van der Waals surface area contributed by atoms with Crippen LogP contribution in [-0.2, 0) is 6.61 Å². The van der Waals surface area contributed by atoms with Crippen molar-refractivity contribution in [1.29, 1.82) is 0 Å². The second kappa shape index (κ2) is 8.88. The number of rotatable bonds is 7. The number of benzene rings is 2. The van der Waals surface area contributed by atoms with E-state index in [0.29, 0.717) is 17.9 Å². The van der Waals surface area contributed by atoms with Crippen LogP contribution in [0.3, 0.4) is 0 Å². The molecular weight excluding hydrogens is 311 g/mol. The molecule has 0 aliphatic carbocycles. The van der Waals surface area contributed by atoms with Crippen molar-refractivity contribution in [2.24, 2.45) is 0 Å². The summed E-state index contributed by atoms with van der Waals surface area (Å²) in [7, 11) is 0. The molecule has 2 amide bonds. The number of amides is 2. The van der Waals surface area contributed by atoms with Gasteiger partial charge in [0.1, 0.15) is 18.2 Å². The highest BCUT2D eigenvalue weighted by Crippen LogP contribution is 2.16. The second-order valence-electron chi connectivity index (χ2n) is 5.46. The molecule has 0 fully saturated rings. The molecular formula is C18H21FN2O3. The van der Waals surface area contributed by atoms with E-state index < -0.39 is 0 Å². The molecule has 5 nitrogen and oxygen atoms in total. The average Bonchev–Trinajstić information content (AvgIpc) is 2.53. The molecule has 0 saturated carbocycles. The number of ether oxygens (including phenoxy) is 1. The number of anilines is 1. The number of hydrogen-bond acceptors (Lipinski definition) is 3. The van der Waals surface area contributed by atoms with Crippen LogP contribution in [0.15, 0.2) is 48.5 Å². The van der Waals surface area contributed by atoms with Crippen LogP contribution < -0.4 is 15.4 Å². The summed E-state index contributed by atoms with van der Waals surface area (Å²) >= 11 is 0. The molecule has 3 N–H and O–H groups in total. The van der Waals surface area contributed by atoms with E-state index in [2.05, 4.69) is 10.6 Å². The van der Waals surface area contributed by atoms with Crippen LogP contribution >= 0.6 is 0 Å². The standard InChI is InChI=1S/C18H21FN2O3/c1-13(8-9-22)20-18(23)21-16-6-2-4-14(10-16)12-24-17-7-3-5-15(19)11-17/h2-7,10-11,13,22H,8-9,12H2,1H3,(H2,20,21,23)/t13-/m1/s1. The van der Waals surface area contributed by atoms with E-state index >= 15 is 0 Å². The van der Waals surface area contributed by atoms with E-state index in [9.17, 15) is 9.18 Å². The first-order valence-electron chi connectivity index (χ1n) is 7.72. The van der Waals surface area contributed by atoms with Crippen molar-refractivity contribution in [1.82, 2.24) is 5.32 Å². The molecule has 2 aromatic carbocycles. The highest BCUT2D eigenvalue weighted by molar-refractivity contribution is 5.89. The molecule has 0 aromatic heterocycles. The lowest BCUT2D eigenvalue weighted by molar-refractivity contribution is 0.241. The highest BCUT2D eigenvalue weighted by atomic mass is 19.1. The predicted octanol–water partition coefficient (Wildman–Crippen LogP) is 3.30. The zero-order valence-corrected chi connectivity index (χ0v) is 13.5. The molecule has 0 bridgehead atoms. The van der Waals surface area contributed by atoms with Crippen LogP contribution in [0.25, 0.3) is 0 Å². The Hall–Kier alpha value is -2.60. The van der Waals surface area contributed by atoms with Crippen LogP contribution in [0.2, 0.25) is 0 Å². The van der Waals surface area contributed by atoms with Crippen molar-refractivity contribution in [2.45, 2.75) is 26.0 Å². The zero-order valence-electron chi connectivity index (χ0n) is 13.5. The van der Waals surface area contributed by atoms with Gasteiger partial charge in [0.15, 0.2) is 0 Å². The Morgan fingerprint density at radius 2 is 2.04 bits per heavy atom. The molecule has 24 heavy (non-hydrogen) atoms. The minimum atomic E-state index is -0.350. The van der Waals surface area contributed by atoms with Gasteiger partial charge in [-0.25, -0.2) is 9.18 Å². The summed E-state index contributed by atoms with van der Waals surface area (Å²) in [6, 6.07) is 12.7. The molecule has 6 heteroatoms. The van der Waals surface area contributed by atoms with Crippen LogP contribution in [-0.4, -0.2) is 23.8 Å². The van der Waals surface area contributed by atoms with Crippen molar-refractivity contribution in [3.63, 3.8) is 0 Å². The van der Waals surface area contributed by atoms with E-state index in [4.69, 9.17) is 9.84 Å². The summed E-state index contributed by atoms with van der Waals surface area (Å²) in [5, 5.41) is 14.3. The van der Waals surface area contributed by atoms with Crippen LogP contribution in [0.5, 0.6) is 5.75 Å². The monoisotopic (exact) mass is 332 g/mol. The summed E-state index contributed by atoms with van der Waals surface area (Å²) in [6.45, 7) is 2.11. The molecule has 0 aliphatic heterocycles. The molecule has 2 aromatic rings. The van der Waals surface area contributed by atoms with Gasteiger partial charge in [-0.3, -0.25) is 0 Å². The minimum absolute atomic E-state index is 0.0222. The molecule has 0 unspecified atom stereocenters. The van der Waals surface area contributed by atoms with Crippen molar-refractivity contribution in [2.75, 3.05) is 11.9 Å². The maximum atomic E-state index is 13.1. The number of aliphatic hydroxyl groups excluding tert-OH is 1. The number of aliphatic hydroxyl groups is 1. The average molecular weight is 332 g/mol. The Kier molecular flexibility index (Phi) is 6.57. The van der Waals surface area contributed by atoms with Gasteiger partial charge in [-0.2, -0.15) is 0 Å². The zero-order chi connectivity index (χ0) is 17.4. The van der Waals surface area contributed by atoms with E-state index in [1.807, 2.05) is 13.0 Å². The van der Waals surface area contributed by atoms with E-state index in [1.54, 1.807) is 30.3 Å². The number of hydrogen-bond donors (Lipinski definition) is 3. The van der Waals surface area contributed by atoms with Crippen molar-refractivity contribution in [3.8, 4) is 5.75 Å². The normalized spacial score (nSPS) is 11.6. The van der Waals surface area contributed by atoms with Gasteiger partial charge in [-0.05, 0) is 43.2 Å². The lowest BCUT2D eigenvalue weighted by Gasteiger charge is -2.14. The molecule has 0 aliphatic rings. The first-order chi connectivity index (χ1) is 11.6. The number of carbonyl (C=O) groups is 1. The molecule has 0 saturated heterocycles. The lowest BCUT2D eigenvalue weighted by Crippen LogP contribution is -2.36. The van der Waals surface area contributed by atoms with Crippen LogP contribution in [0.4, 0.5) is 14.9 Å². The number of halogens is 1. The van der Waals surface area contributed by atoms with Gasteiger partial charge in [0.25, 0.3) is 0 Å². The van der Waals surface area contributed by atoms with Crippen LogP contribution in [0.1, 0.15) is 18.9 Å². The Balaban J connectivity index is 1.90. The summed E-state index contributed by atoms with van der Waals surface area (Å²) in [6.07, 6.45) is 0.495. The Morgan fingerprint density at radius 3 is 2.79 bits per heavy atom. The van der Waals surface area contributed by atoms with Gasteiger partial charge >= 0.3 is 6.03 Å². The van der Waals surface area contributed by atoms with Crippen molar-refractivity contribution < 1.29 is 19.0 Å². The Labute approximate surface area is 140 Å². The topological polar surface area (TPSA) is 70.6 Å². The first kappa shape index (κ1) is 17.7. The fourth-order valence-corrected chi connectivity index (χ4v) is 2.12. The first-order valence-corrected chi connectivity index (χ1v) is 7.72. The third kappa shape index (κ3) is 5.89. The molecule has 128 valence electrons. The van der Waals surface area contributed by atoms with Gasteiger partial charge in [-0.1, -0.05) is 18.2 Å². The summed E-state index contributed by atoms with van der Waals surface area (Å²) in [5.41, 5.74) is 1.48. The molecule has 0 radical (unpaired) electrons. The predicted molar refractivity (Wildman–Crippen MR) is 90.5 cm³/mol. The second-order valence-corrected chi connectivity index (χ2v) is 5.46. The Bertz CT molecular complexity index is 679. The number of nitrogens with one attached hydrogen (secondary N) is 2. The third-order valence-corrected chi connectivity index (χ3v) is 3.33. The van der Waals surface area contributed by atoms with Crippen molar-refractivity contribution >= 4 is 11.7 Å². The third-order valence-electron chi connectivity index (χ3n) is 3.33. The molecule has 1 atom stereocenters. The summed E-state index contributed by atoms with van der Waals surface area (Å²) < 4.78 is 18.6. The van der Waals surface area contributed by atoms with E-state index in [-0.39, 0.29) is 31.1 Å². The maximum Gasteiger partial charge on any atom is 0.319 e. The smallest absolute Gasteiger partial charge is 0.319 e. The van der Waals surface area contributed by atoms with Gasteiger partial charge in [0, 0.05) is 24.4 Å². The number of urea groups is 1. The summed E-state index contributed by atoms with van der Waals surface area (Å²) in [5.74, 6) is 0.0977. The quantitative estimate of drug-likeness (QED) is 0.728. The highest BCUT2D eigenvalue weighted by Gasteiger charge is 2.07. The molecule has 2 rings (SSSR count). The minimum Gasteiger partial charge on any atom is -0.489 e. The SMILES string of the molecule is C[C@H](CCO)NC(=O)Nc1cccc(COc2cccc(F)c2)c1. The fourth-order valence-electron chi connectivity index (χ4n) is 2.12. The fraction of sp³-hybridized carbons (Fsp3) is 0.278. The van der Waals surface area contributed by atoms with Crippen LogP contribution in [0, 0.1) is 5.82 Å². The van der Waals surface area contributed by atoms with Crippen molar-refractivity contribution in [3.05, 3.63) is 59.9 Å². The van der Waals surface area contributed by atoms with E-state index in [1.165, 1.54) is 12.1 Å². The number of carbonyl (C=O) groups excluding carboxylic acids is 1. The van der Waals surface area contributed by atoms with Gasteiger partial charge in [-0.15, -0.1) is 0 Å². The maximum absolute atomic E-state index is 13.1. The largest absolute Gasteiger partial charge is 0.489 e. The van der Waals surface area contributed by atoms with Gasteiger partial charge < -0.3 is 20.5 Å². The summed E-state index contributed by atoms with van der Waals surface area (Å²) in [4.78, 5) is 11.8. The van der Waals surface area contributed by atoms with Gasteiger partial charge in [0.05, 0.1) is 0 Å². The lowest BCUT2D eigenvalue weighted by atomic mass is 10.2. The molecule has 0 spiro atoms. The van der Waals surface area contributed by atoms with Gasteiger partial charge in [0.2, 0.25) is 0 Å². The van der Waals surface area contributed by atoms with E-state index in [0.717, 1.165) is 5.56 Å².